The van der Waals surface area contributed by atoms with Crippen LogP contribution in [-0.4, -0.2) is 11.9 Å². The first-order chi connectivity index (χ1) is 7.20. The summed E-state index contributed by atoms with van der Waals surface area (Å²) in [4.78, 5) is 11.4. The van der Waals surface area contributed by atoms with Crippen molar-refractivity contribution in [1.82, 2.24) is 5.32 Å². The molecule has 2 nitrogen and oxygen atoms in total. The molecule has 0 aliphatic rings. The van der Waals surface area contributed by atoms with E-state index in [1.165, 1.54) is 25.7 Å². The molecule has 0 aromatic carbocycles. The third kappa shape index (κ3) is 9.77. The van der Waals surface area contributed by atoms with Crippen molar-refractivity contribution in [1.29, 1.82) is 0 Å². The van der Waals surface area contributed by atoms with Crippen molar-refractivity contribution in [2.75, 3.05) is 0 Å². The van der Waals surface area contributed by atoms with E-state index in [1.54, 1.807) is 0 Å². The molecule has 1 atom stereocenters. The highest BCUT2D eigenvalue weighted by atomic mass is 16.1. The highest BCUT2D eigenvalue weighted by molar-refractivity contribution is 5.76. The van der Waals surface area contributed by atoms with Crippen molar-refractivity contribution < 1.29 is 4.79 Å². The minimum atomic E-state index is 0.0330. The molecule has 0 heterocycles. The van der Waals surface area contributed by atoms with E-state index in [0.717, 1.165) is 19.3 Å². The Balaban J connectivity index is 3.32. The van der Waals surface area contributed by atoms with Gasteiger partial charge in [-0.3, -0.25) is 4.79 Å². The van der Waals surface area contributed by atoms with Gasteiger partial charge in [-0.2, -0.15) is 0 Å². The fourth-order valence-corrected chi connectivity index (χ4v) is 1.51. The van der Waals surface area contributed by atoms with E-state index in [9.17, 15) is 4.79 Å². The minimum Gasteiger partial charge on any atom is -0.353 e. The third-order valence-corrected chi connectivity index (χ3v) is 2.43. The van der Waals surface area contributed by atoms with Crippen LogP contribution < -0.4 is 5.32 Å². The first kappa shape index (κ1) is 14.5. The molecule has 0 aromatic rings. The van der Waals surface area contributed by atoms with Crippen LogP contribution in [0.25, 0.3) is 0 Å². The molecule has 0 fully saturated rings. The van der Waals surface area contributed by atoms with Crippen LogP contribution in [0.3, 0.4) is 0 Å². The predicted octanol–water partition coefficient (Wildman–Crippen LogP) is 3.28. The average Bonchev–Trinajstić information content (AvgIpc) is 2.17. The number of rotatable bonds is 9. The molecule has 2 radical (unpaired) electrons. The minimum absolute atomic E-state index is 0.0330. The van der Waals surface area contributed by atoms with Crippen LogP contribution in [0.1, 0.15) is 58.3 Å². The Kier molecular flexibility index (Phi) is 9.65. The summed E-state index contributed by atoms with van der Waals surface area (Å²) >= 11 is 0. The first-order valence-corrected chi connectivity index (χ1v) is 6.12. The van der Waals surface area contributed by atoms with E-state index in [4.69, 9.17) is 0 Å². The molecule has 0 aromatic heterocycles. The normalized spacial score (nSPS) is 12.5. The second-order valence-corrected chi connectivity index (χ2v) is 4.07. The van der Waals surface area contributed by atoms with Gasteiger partial charge in [-0.05, 0) is 19.8 Å². The van der Waals surface area contributed by atoms with Crippen LogP contribution in [0, 0.1) is 13.8 Å². The highest BCUT2D eigenvalue weighted by Crippen LogP contribution is 2.05. The predicted molar refractivity (Wildman–Crippen MR) is 65.3 cm³/mol. The van der Waals surface area contributed by atoms with E-state index in [-0.39, 0.29) is 11.9 Å². The molecular formula is C13H25NO. The molecule has 2 heteroatoms. The summed E-state index contributed by atoms with van der Waals surface area (Å²) in [6.07, 6.45) is 8.27. The second kappa shape index (κ2) is 10.0. The standard InChI is InChI=1S/C13H25NO/c1-4-6-7-8-9-11-13(15)14-12(3)10-5-2/h12H,2-11H2,1H3,(H,14,15)/t12-/m0/s1. The Bertz CT molecular complexity index is 157. The Hall–Kier alpha value is -0.530. The number of nitrogens with one attached hydrogen (secondary N) is 1. The van der Waals surface area contributed by atoms with Crippen molar-refractivity contribution in [3.8, 4) is 0 Å². The number of hydrogen-bond acceptors (Lipinski definition) is 1. The number of unbranched alkanes of at least 4 members (excludes halogenated alkanes) is 4. The molecular weight excluding hydrogens is 186 g/mol. The lowest BCUT2D eigenvalue weighted by molar-refractivity contribution is -0.121. The maximum atomic E-state index is 11.4. The average molecular weight is 211 g/mol. The zero-order valence-electron chi connectivity index (χ0n) is 10.1. The van der Waals surface area contributed by atoms with Gasteiger partial charge in [0.05, 0.1) is 0 Å². The summed E-state index contributed by atoms with van der Waals surface area (Å²) in [5, 5.41) is 2.88. The summed E-state index contributed by atoms with van der Waals surface area (Å²) in [6.45, 7) is 9.78. The van der Waals surface area contributed by atoms with Crippen LogP contribution in [0.5, 0.6) is 0 Å². The van der Waals surface area contributed by atoms with Gasteiger partial charge >= 0.3 is 0 Å². The van der Waals surface area contributed by atoms with Crippen LogP contribution in [-0.2, 0) is 4.79 Å². The topological polar surface area (TPSA) is 29.1 Å². The van der Waals surface area contributed by atoms with Crippen LogP contribution >= 0.6 is 0 Å². The van der Waals surface area contributed by atoms with E-state index in [0.29, 0.717) is 6.42 Å². The van der Waals surface area contributed by atoms with E-state index >= 15 is 0 Å². The Morgan fingerprint density at radius 3 is 2.53 bits per heavy atom. The lowest BCUT2D eigenvalue weighted by Crippen LogP contribution is -2.32. The molecule has 0 unspecified atom stereocenters. The quantitative estimate of drug-likeness (QED) is 0.583. The first-order valence-electron chi connectivity index (χ1n) is 6.12. The summed E-state index contributed by atoms with van der Waals surface area (Å²) in [5.41, 5.74) is 0. The monoisotopic (exact) mass is 211 g/mol. The fourth-order valence-electron chi connectivity index (χ4n) is 1.51. The van der Waals surface area contributed by atoms with Gasteiger partial charge in [0.15, 0.2) is 0 Å². The molecule has 1 amide bonds. The van der Waals surface area contributed by atoms with Gasteiger partial charge < -0.3 is 5.32 Å². The third-order valence-electron chi connectivity index (χ3n) is 2.43. The molecule has 0 saturated carbocycles. The molecule has 0 saturated heterocycles. The lowest BCUT2D eigenvalue weighted by atomic mass is 10.1. The molecule has 0 aliphatic heterocycles. The summed E-state index contributed by atoms with van der Waals surface area (Å²) < 4.78 is 0. The molecule has 0 rings (SSSR count). The van der Waals surface area contributed by atoms with Gasteiger partial charge in [0, 0.05) is 12.5 Å². The van der Waals surface area contributed by atoms with Gasteiger partial charge in [-0.1, -0.05) is 46.0 Å². The number of carbonyl (C=O) groups is 1. The zero-order chi connectivity index (χ0) is 11.5. The van der Waals surface area contributed by atoms with Crippen LogP contribution in [0.2, 0.25) is 0 Å². The highest BCUT2D eigenvalue weighted by Gasteiger charge is 2.05. The van der Waals surface area contributed by atoms with Gasteiger partial charge in [-0.25, -0.2) is 0 Å². The van der Waals surface area contributed by atoms with Crippen molar-refractivity contribution in [2.45, 2.75) is 64.3 Å². The fraction of sp³-hybridized carbons (Fsp3) is 0.769. The summed E-state index contributed by atoms with van der Waals surface area (Å²) in [7, 11) is 0. The Morgan fingerprint density at radius 2 is 1.93 bits per heavy atom. The molecule has 1 N–H and O–H groups in total. The second-order valence-electron chi connectivity index (χ2n) is 4.07. The molecule has 0 bridgehead atoms. The number of hydrogen-bond donors (Lipinski definition) is 1. The lowest BCUT2D eigenvalue weighted by Gasteiger charge is -2.12. The molecule has 0 aliphatic carbocycles. The van der Waals surface area contributed by atoms with Gasteiger partial charge in [-0.15, -0.1) is 0 Å². The molecule has 0 spiro atoms. The smallest absolute Gasteiger partial charge is 0.220 e. The largest absolute Gasteiger partial charge is 0.353 e. The van der Waals surface area contributed by atoms with Crippen molar-refractivity contribution in [3.63, 3.8) is 0 Å². The van der Waals surface area contributed by atoms with E-state index in [2.05, 4.69) is 26.1 Å². The Morgan fingerprint density at radius 1 is 1.27 bits per heavy atom. The van der Waals surface area contributed by atoms with Crippen molar-refractivity contribution >= 4 is 5.91 Å². The van der Waals surface area contributed by atoms with Gasteiger partial charge in [0.2, 0.25) is 5.91 Å². The van der Waals surface area contributed by atoms with Crippen molar-refractivity contribution in [2.24, 2.45) is 0 Å². The van der Waals surface area contributed by atoms with E-state index < -0.39 is 0 Å². The summed E-state index contributed by atoms with van der Waals surface area (Å²) in [5.74, 6) is 0.139. The molecule has 15 heavy (non-hydrogen) atoms. The van der Waals surface area contributed by atoms with Crippen LogP contribution in [0.15, 0.2) is 0 Å². The maximum Gasteiger partial charge on any atom is 0.220 e. The van der Waals surface area contributed by atoms with Gasteiger partial charge in [0.1, 0.15) is 0 Å². The summed E-state index contributed by atoms with van der Waals surface area (Å²) in [6, 6.07) is 0.0330. The van der Waals surface area contributed by atoms with Gasteiger partial charge in [0.25, 0.3) is 0 Å². The molecule has 88 valence electrons. The Labute approximate surface area is 94.8 Å². The number of carbonyl (C=O) groups excluding carboxylic acids is 1. The van der Waals surface area contributed by atoms with E-state index in [1.807, 2.05) is 0 Å². The van der Waals surface area contributed by atoms with Crippen molar-refractivity contribution in [3.05, 3.63) is 13.8 Å². The SMILES string of the molecule is [CH2]CC[C@H]([CH2])NC(=O)CCCCCCC. The zero-order valence-corrected chi connectivity index (χ0v) is 10.1. The van der Waals surface area contributed by atoms with Crippen LogP contribution in [0.4, 0.5) is 0 Å². The number of amides is 1. The maximum absolute atomic E-state index is 11.4.